The summed E-state index contributed by atoms with van der Waals surface area (Å²) < 4.78 is 18.7. The second-order valence-corrected chi connectivity index (χ2v) is 9.09. The highest BCUT2D eigenvalue weighted by Crippen LogP contribution is 2.39. The second-order valence-electron chi connectivity index (χ2n) is 8.06. The lowest BCUT2D eigenvalue weighted by Gasteiger charge is -2.24. The van der Waals surface area contributed by atoms with Crippen molar-refractivity contribution < 1.29 is 18.7 Å². The highest BCUT2D eigenvalue weighted by Gasteiger charge is 2.33. The van der Waals surface area contributed by atoms with Crippen LogP contribution in [-0.2, 0) is 0 Å². The van der Waals surface area contributed by atoms with E-state index in [1.54, 1.807) is 17.4 Å². The Labute approximate surface area is 189 Å². The third-order valence-electron chi connectivity index (χ3n) is 5.99. The number of fused-ring (bicyclic) bond motifs is 2. The van der Waals surface area contributed by atoms with Gasteiger partial charge in [0.2, 0.25) is 0 Å². The SMILES string of the molecule is O=C(c1ccc(-c2nc3ccccc3s2)o1)N1CCCC1c1ccc2c(c1)OCCCO2. The third kappa shape index (κ3) is 3.42. The molecule has 0 bridgehead atoms. The molecule has 0 radical (unpaired) electrons. The van der Waals surface area contributed by atoms with Crippen LogP contribution >= 0.6 is 11.3 Å². The molecule has 2 aromatic carbocycles. The van der Waals surface area contributed by atoms with Gasteiger partial charge in [0.05, 0.1) is 29.5 Å². The topological polar surface area (TPSA) is 64.8 Å². The van der Waals surface area contributed by atoms with Crippen molar-refractivity contribution in [2.45, 2.75) is 25.3 Å². The predicted octanol–water partition coefficient (Wildman–Crippen LogP) is 5.69. The van der Waals surface area contributed by atoms with Gasteiger partial charge in [0.25, 0.3) is 5.91 Å². The summed E-state index contributed by atoms with van der Waals surface area (Å²) in [5, 5.41) is 0.783. The Hall–Kier alpha value is -3.32. The number of nitrogens with zero attached hydrogens (tertiary/aromatic N) is 2. The number of likely N-dealkylation sites (tertiary alicyclic amines) is 1. The largest absolute Gasteiger partial charge is 0.490 e. The minimum atomic E-state index is -0.0908. The average Bonchev–Trinajstić information content (AvgIpc) is 3.55. The summed E-state index contributed by atoms with van der Waals surface area (Å²) in [6.45, 7) is 2.01. The Morgan fingerprint density at radius 1 is 1.00 bits per heavy atom. The zero-order chi connectivity index (χ0) is 21.5. The second kappa shape index (κ2) is 7.98. The van der Waals surface area contributed by atoms with Crippen LogP contribution < -0.4 is 9.47 Å². The smallest absolute Gasteiger partial charge is 0.290 e. The maximum Gasteiger partial charge on any atom is 0.290 e. The number of carbonyl (C=O) groups excluding carboxylic acids is 1. The van der Waals surface area contributed by atoms with Gasteiger partial charge in [0, 0.05) is 13.0 Å². The molecule has 6 nitrogen and oxygen atoms in total. The molecule has 0 spiro atoms. The molecule has 0 saturated carbocycles. The number of thiazole rings is 1. The molecule has 162 valence electrons. The van der Waals surface area contributed by atoms with E-state index in [2.05, 4.69) is 4.98 Å². The number of hydrogen-bond acceptors (Lipinski definition) is 6. The van der Waals surface area contributed by atoms with Gasteiger partial charge in [-0.25, -0.2) is 4.98 Å². The van der Waals surface area contributed by atoms with E-state index in [-0.39, 0.29) is 11.9 Å². The van der Waals surface area contributed by atoms with Crippen molar-refractivity contribution in [3.63, 3.8) is 0 Å². The molecule has 4 aromatic rings. The van der Waals surface area contributed by atoms with Crippen LogP contribution in [0.5, 0.6) is 11.5 Å². The van der Waals surface area contributed by atoms with Crippen molar-refractivity contribution >= 4 is 27.5 Å². The summed E-state index contributed by atoms with van der Waals surface area (Å²) in [7, 11) is 0. The van der Waals surface area contributed by atoms with Gasteiger partial charge in [-0.3, -0.25) is 4.79 Å². The van der Waals surface area contributed by atoms with Gasteiger partial charge < -0.3 is 18.8 Å². The summed E-state index contributed by atoms with van der Waals surface area (Å²) >= 11 is 1.56. The maximum atomic E-state index is 13.4. The number of furan rings is 1. The summed E-state index contributed by atoms with van der Waals surface area (Å²) in [5.41, 5.74) is 2.00. The molecule has 6 rings (SSSR count). The molecule has 7 heteroatoms. The van der Waals surface area contributed by atoms with Gasteiger partial charge in [-0.2, -0.15) is 0 Å². The monoisotopic (exact) mass is 446 g/mol. The molecule has 4 heterocycles. The van der Waals surface area contributed by atoms with Crippen molar-refractivity contribution in [2.24, 2.45) is 0 Å². The molecule has 32 heavy (non-hydrogen) atoms. The minimum absolute atomic E-state index is 0.00402. The van der Waals surface area contributed by atoms with Gasteiger partial charge >= 0.3 is 0 Å². The van der Waals surface area contributed by atoms with E-state index in [0.29, 0.717) is 31.3 Å². The van der Waals surface area contributed by atoms with E-state index >= 15 is 0 Å². The fourth-order valence-corrected chi connectivity index (χ4v) is 5.36. The standard InChI is InChI=1S/C25H22N2O4S/c28-25(21-11-10-20(31-21)24-26-17-5-1-2-7-23(17)32-24)27-12-3-6-18(27)16-8-9-19-22(15-16)30-14-4-13-29-19/h1-2,5,7-11,15,18H,3-4,6,12-14H2. The van der Waals surface area contributed by atoms with Crippen LogP contribution in [0.4, 0.5) is 0 Å². The van der Waals surface area contributed by atoms with Crippen molar-refractivity contribution in [3.8, 4) is 22.3 Å². The first-order chi connectivity index (χ1) is 15.8. The first-order valence-electron chi connectivity index (χ1n) is 10.9. The molecular formula is C25H22N2O4S. The number of rotatable bonds is 3. The van der Waals surface area contributed by atoms with Gasteiger partial charge in [-0.15, -0.1) is 11.3 Å². The van der Waals surface area contributed by atoms with Gasteiger partial charge in [-0.05, 0) is 54.8 Å². The Balaban J connectivity index is 1.26. The highest BCUT2D eigenvalue weighted by atomic mass is 32.1. The number of benzene rings is 2. The van der Waals surface area contributed by atoms with E-state index in [4.69, 9.17) is 13.9 Å². The summed E-state index contributed by atoms with van der Waals surface area (Å²) in [5.74, 6) is 2.41. The normalized spacial score (nSPS) is 18.1. The minimum Gasteiger partial charge on any atom is -0.490 e. The maximum absolute atomic E-state index is 13.4. The van der Waals surface area contributed by atoms with Crippen LogP contribution in [0, 0.1) is 0 Å². The summed E-state index contributed by atoms with van der Waals surface area (Å²) in [6.07, 6.45) is 2.74. The molecular weight excluding hydrogens is 424 g/mol. The zero-order valence-corrected chi connectivity index (χ0v) is 18.3. The van der Waals surface area contributed by atoms with E-state index in [0.717, 1.165) is 51.5 Å². The predicted molar refractivity (Wildman–Crippen MR) is 122 cm³/mol. The molecule has 0 aliphatic carbocycles. The number of amides is 1. The van der Waals surface area contributed by atoms with E-state index in [1.807, 2.05) is 53.4 Å². The van der Waals surface area contributed by atoms with Gasteiger partial charge in [-0.1, -0.05) is 18.2 Å². The quantitative estimate of drug-likeness (QED) is 0.404. The molecule has 1 atom stereocenters. The van der Waals surface area contributed by atoms with Crippen molar-refractivity contribution in [1.82, 2.24) is 9.88 Å². The average molecular weight is 447 g/mol. The first-order valence-corrected chi connectivity index (χ1v) is 11.7. The van der Waals surface area contributed by atoms with Crippen LogP contribution in [0.25, 0.3) is 21.0 Å². The molecule has 1 saturated heterocycles. The Morgan fingerprint density at radius 3 is 2.78 bits per heavy atom. The molecule has 2 aromatic heterocycles. The lowest BCUT2D eigenvalue weighted by Crippen LogP contribution is -2.30. The lowest BCUT2D eigenvalue weighted by molar-refractivity contribution is 0.0704. The third-order valence-corrected chi connectivity index (χ3v) is 7.04. The number of para-hydroxylation sites is 1. The van der Waals surface area contributed by atoms with Crippen LogP contribution in [0.3, 0.4) is 0 Å². The van der Waals surface area contributed by atoms with Crippen LogP contribution in [0.2, 0.25) is 0 Å². The van der Waals surface area contributed by atoms with Crippen molar-refractivity contribution in [3.05, 3.63) is 65.9 Å². The molecule has 2 aliphatic heterocycles. The van der Waals surface area contributed by atoms with Crippen molar-refractivity contribution in [1.29, 1.82) is 0 Å². The van der Waals surface area contributed by atoms with Crippen LogP contribution in [-0.4, -0.2) is 35.5 Å². The van der Waals surface area contributed by atoms with Gasteiger partial charge in [0.1, 0.15) is 0 Å². The molecule has 2 aliphatic rings. The Bertz CT molecular complexity index is 1260. The Morgan fingerprint density at radius 2 is 1.88 bits per heavy atom. The number of carbonyl (C=O) groups is 1. The summed E-state index contributed by atoms with van der Waals surface area (Å²) in [6, 6.07) is 17.6. The zero-order valence-electron chi connectivity index (χ0n) is 17.5. The van der Waals surface area contributed by atoms with Crippen molar-refractivity contribution in [2.75, 3.05) is 19.8 Å². The Kier molecular flexibility index (Phi) is 4.83. The van der Waals surface area contributed by atoms with Crippen LogP contribution in [0.15, 0.2) is 59.0 Å². The highest BCUT2D eigenvalue weighted by molar-refractivity contribution is 7.21. The van der Waals surface area contributed by atoms with Gasteiger partial charge in [0.15, 0.2) is 28.0 Å². The number of aromatic nitrogens is 1. The summed E-state index contributed by atoms with van der Waals surface area (Å²) in [4.78, 5) is 19.9. The molecule has 0 N–H and O–H groups in total. The van der Waals surface area contributed by atoms with E-state index < -0.39 is 0 Å². The lowest BCUT2D eigenvalue weighted by atomic mass is 10.0. The fraction of sp³-hybridized carbons (Fsp3) is 0.280. The van der Waals surface area contributed by atoms with Crippen LogP contribution in [0.1, 0.15) is 41.4 Å². The number of hydrogen-bond donors (Lipinski definition) is 0. The van der Waals surface area contributed by atoms with E-state index in [9.17, 15) is 4.79 Å². The number of ether oxygens (including phenoxy) is 2. The van der Waals surface area contributed by atoms with E-state index in [1.165, 1.54) is 0 Å². The first kappa shape index (κ1) is 19.4. The molecule has 1 unspecified atom stereocenters. The fourth-order valence-electron chi connectivity index (χ4n) is 4.43. The molecule has 1 amide bonds. The molecule has 1 fully saturated rings.